The standard InChI is InChI=1S/C23H22N2O4.C23H22N2O3S/c1-15(2)29-23(27)24-19-10-9-17-8-7-16-5-3-4-6-20(16)25(21(17)13-19)22(26)18-11-12-28-14-18;1-15(2)28-23(27)24-19-10-9-17-8-7-16-5-3-4-6-20(16)25(21(17)13-19)22(26)18-11-12-29-14-18/h2*3-6,9-15H,7-8H2,1-2H3,(H,24,27). The molecule has 0 saturated carbocycles. The Morgan fingerprint density at radius 2 is 1.05 bits per heavy atom. The average Bonchev–Trinajstić information content (AvgIpc) is 3.89. The number of para-hydroxylation sites is 2. The Balaban J connectivity index is 0.000000177. The Morgan fingerprint density at radius 1 is 0.586 bits per heavy atom. The maximum atomic E-state index is 13.4. The summed E-state index contributed by atoms with van der Waals surface area (Å²) in [6.07, 6.45) is 4.73. The van der Waals surface area contributed by atoms with E-state index >= 15 is 0 Å². The van der Waals surface area contributed by atoms with E-state index in [-0.39, 0.29) is 24.0 Å². The molecular formula is C46H44N4O7S. The van der Waals surface area contributed by atoms with Gasteiger partial charge in [0.15, 0.2) is 0 Å². The van der Waals surface area contributed by atoms with Crippen molar-refractivity contribution in [2.45, 2.75) is 65.6 Å². The number of anilines is 6. The maximum Gasteiger partial charge on any atom is 0.411 e. The van der Waals surface area contributed by atoms with Gasteiger partial charge in [0.1, 0.15) is 6.26 Å². The molecule has 0 unspecified atom stereocenters. The molecule has 0 aliphatic carbocycles. The first-order valence-electron chi connectivity index (χ1n) is 19.2. The van der Waals surface area contributed by atoms with Gasteiger partial charge >= 0.3 is 12.2 Å². The third kappa shape index (κ3) is 8.98. The number of ether oxygens (including phenoxy) is 2. The number of nitrogens with one attached hydrogen (secondary N) is 2. The lowest BCUT2D eigenvalue weighted by Gasteiger charge is -2.25. The molecule has 58 heavy (non-hydrogen) atoms. The molecule has 4 amide bonds. The third-order valence-electron chi connectivity index (χ3n) is 9.57. The highest BCUT2D eigenvalue weighted by Gasteiger charge is 2.29. The van der Waals surface area contributed by atoms with Crippen molar-refractivity contribution in [1.29, 1.82) is 0 Å². The number of aryl methyl sites for hydroxylation is 4. The Morgan fingerprint density at radius 3 is 1.48 bits per heavy atom. The smallest absolute Gasteiger partial charge is 0.411 e. The fraction of sp³-hybridized carbons (Fsp3) is 0.217. The Labute approximate surface area is 341 Å². The molecule has 0 fully saturated rings. The Bertz CT molecular complexity index is 2260. The van der Waals surface area contributed by atoms with E-state index in [1.165, 1.54) is 23.9 Å². The summed E-state index contributed by atoms with van der Waals surface area (Å²) in [6.45, 7) is 7.18. The van der Waals surface area contributed by atoms with Crippen LogP contribution in [-0.2, 0) is 35.2 Å². The summed E-state index contributed by atoms with van der Waals surface area (Å²) >= 11 is 1.50. The summed E-state index contributed by atoms with van der Waals surface area (Å²) < 4.78 is 15.5. The van der Waals surface area contributed by atoms with Crippen LogP contribution in [-0.4, -0.2) is 36.2 Å². The highest BCUT2D eigenvalue weighted by atomic mass is 32.1. The van der Waals surface area contributed by atoms with Gasteiger partial charge in [-0.25, -0.2) is 9.59 Å². The molecule has 0 atom stereocenters. The molecule has 296 valence electrons. The molecule has 0 bridgehead atoms. The maximum absolute atomic E-state index is 13.4. The summed E-state index contributed by atoms with van der Waals surface area (Å²) in [5.41, 5.74) is 9.82. The number of carbonyl (C=O) groups is 4. The minimum atomic E-state index is -0.526. The van der Waals surface area contributed by atoms with Crippen molar-refractivity contribution in [3.05, 3.63) is 154 Å². The fourth-order valence-electron chi connectivity index (χ4n) is 6.99. The van der Waals surface area contributed by atoms with Crippen molar-refractivity contribution in [1.82, 2.24) is 0 Å². The zero-order chi connectivity index (χ0) is 40.8. The number of nitrogens with zero attached hydrogens (tertiary/aromatic N) is 2. The first-order valence-corrected chi connectivity index (χ1v) is 20.1. The molecule has 4 heterocycles. The molecule has 6 aromatic rings. The van der Waals surface area contributed by atoms with E-state index in [0.29, 0.717) is 22.5 Å². The average molecular weight is 797 g/mol. The number of furan rings is 1. The summed E-state index contributed by atoms with van der Waals surface area (Å²) in [4.78, 5) is 54.3. The number of amides is 4. The monoisotopic (exact) mass is 796 g/mol. The number of rotatable bonds is 6. The van der Waals surface area contributed by atoms with Gasteiger partial charge in [0, 0.05) is 16.8 Å². The minimum Gasteiger partial charge on any atom is -0.472 e. The second-order valence-corrected chi connectivity index (χ2v) is 15.2. The number of hydrogen-bond donors (Lipinski definition) is 2. The van der Waals surface area contributed by atoms with Gasteiger partial charge in [-0.3, -0.25) is 30.0 Å². The van der Waals surface area contributed by atoms with Crippen LogP contribution in [0.25, 0.3) is 0 Å². The number of hydrogen-bond acceptors (Lipinski definition) is 8. The topological polar surface area (TPSA) is 130 Å². The van der Waals surface area contributed by atoms with Crippen LogP contribution in [0.2, 0.25) is 0 Å². The molecule has 0 spiro atoms. The number of benzene rings is 4. The van der Waals surface area contributed by atoms with Crippen molar-refractivity contribution in [2.75, 3.05) is 20.4 Å². The normalized spacial score (nSPS) is 12.7. The predicted molar refractivity (Wildman–Crippen MR) is 227 cm³/mol. The molecule has 4 aromatic carbocycles. The molecule has 2 aromatic heterocycles. The van der Waals surface area contributed by atoms with Gasteiger partial charge in [0.05, 0.1) is 52.3 Å². The number of carbonyl (C=O) groups excluding carboxylic acids is 4. The van der Waals surface area contributed by atoms with E-state index in [1.54, 1.807) is 43.6 Å². The summed E-state index contributed by atoms with van der Waals surface area (Å²) in [5.74, 6) is -0.264. The van der Waals surface area contributed by atoms with Crippen molar-refractivity contribution >= 4 is 69.5 Å². The molecular weight excluding hydrogens is 753 g/mol. The Hall–Kier alpha value is -6.66. The van der Waals surface area contributed by atoms with Crippen molar-refractivity contribution in [3.8, 4) is 0 Å². The molecule has 0 saturated heterocycles. The number of thiophene rings is 1. The van der Waals surface area contributed by atoms with Gasteiger partial charge in [0.25, 0.3) is 11.8 Å². The van der Waals surface area contributed by atoms with Crippen molar-refractivity contribution in [2.24, 2.45) is 0 Å². The van der Waals surface area contributed by atoms with Crippen molar-refractivity contribution in [3.63, 3.8) is 0 Å². The van der Waals surface area contributed by atoms with E-state index in [4.69, 9.17) is 13.9 Å². The number of fused-ring (bicyclic) bond motifs is 4. The molecule has 2 aliphatic rings. The van der Waals surface area contributed by atoms with Gasteiger partial charge < -0.3 is 13.9 Å². The minimum absolute atomic E-state index is 0.0799. The SMILES string of the molecule is CC(C)OC(=O)Nc1ccc2c(c1)N(C(=O)c1ccoc1)c1ccccc1CC2.CC(C)OC(=O)Nc1ccc2c(c1)N(C(=O)c1ccsc1)c1ccccc1CC2. The lowest BCUT2D eigenvalue weighted by Crippen LogP contribution is -2.27. The van der Waals surface area contributed by atoms with E-state index < -0.39 is 12.2 Å². The summed E-state index contributed by atoms with van der Waals surface area (Å²) in [5, 5.41) is 9.27. The van der Waals surface area contributed by atoms with Crippen LogP contribution in [0.5, 0.6) is 0 Å². The van der Waals surface area contributed by atoms with Crippen LogP contribution in [0, 0.1) is 0 Å². The second kappa shape index (κ2) is 17.6. The first-order chi connectivity index (χ1) is 28.0. The molecule has 8 rings (SSSR count). The fourth-order valence-corrected chi connectivity index (χ4v) is 7.62. The van der Waals surface area contributed by atoms with E-state index in [2.05, 4.69) is 16.7 Å². The van der Waals surface area contributed by atoms with Crippen molar-refractivity contribution < 1.29 is 33.1 Å². The molecule has 0 radical (unpaired) electrons. The van der Waals surface area contributed by atoms with Crippen LogP contribution < -0.4 is 20.4 Å². The largest absolute Gasteiger partial charge is 0.472 e. The highest BCUT2D eigenvalue weighted by molar-refractivity contribution is 7.08. The van der Waals surface area contributed by atoms with Gasteiger partial charge in [0.2, 0.25) is 0 Å². The van der Waals surface area contributed by atoms with Crippen LogP contribution in [0.3, 0.4) is 0 Å². The quantitative estimate of drug-likeness (QED) is 0.172. The summed E-state index contributed by atoms with van der Waals surface area (Å²) in [7, 11) is 0. The lowest BCUT2D eigenvalue weighted by molar-refractivity contribution is 0.0991. The predicted octanol–water partition coefficient (Wildman–Crippen LogP) is 11.1. The highest BCUT2D eigenvalue weighted by Crippen LogP contribution is 2.40. The molecule has 2 N–H and O–H groups in total. The van der Waals surface area contributed by atoms with Gasteiger partial charge in [-0.15, -0.1) is 0 Å². The summed E-state index contributed by atoms with van der Waals surface area (Å²) in [6, 6.07) is 30.6. The van der Waals surface area contributed by atoms with E-state index in [1.807, 2.05) is 95.7 Å². The van der Waals surface area contributed by atoms with Crippen LogP contribution in [0.4, 0.5) is 43.7 Å². The molecule has 11 nitrogen and oxygen atoms in total. The van der Waals surface area contributed by atoms with Crippen LogP contribution in [0.1, 0.15) is 70.7 Å². The van der Waals surface area contributed by atoms with E-state index in [9.17, 15) is 19.2 Å². The Kier molecular flexibility index (Phi) is 12.0. The van der Waals surface area contributed by atoms with Crippen LogP contribution in [0.15, 0.2) is 125 Å². The molecule has 2 aliphatic heterocycles. The second-order valence-electron chi connectivity index (χ2n) is 14.4. The van der Waals surface area contributed by atoms with Gasteiger partial charge in [-0.05, 0) is 130 Å². The van der Waals surface area contributed by atoms with Gasteiger partial charge in [-0.1, -0.05) is 48.5 Å². The first kappa shape index (κ1) is 39.6. The van der Waals surface area contributed by atoms with Crippen LogP contribution >= 0.6 is 11.3 Å². The van der Waals surface area contributed by atoms with E-state index in [0.717, 1.165) is 70.7 Å². The van der Waals surface area contributed by atoms with Gasteiger partial charge in [-0.2, -0.15) is 11.3 Å². The zero-order valence-electron chi connectivity index (χ0n) is 32.7. The lowest BCUT2D eigenvalue weighted by atomic mass is 10.0. The molecule has 12 heteroatoms. The zero-order valence-corrected chi connectivity index (χ0v) is 33.5. The third-order valence-corrected chi connectivity index (χ3v) is 10.2.